The van der Waals surface area contributed by atoms with E-state index in [1.165, 1.54) is 18.2 Å². The van der Waals surface area contributed by atoms with Gasteiger partial charge in [0.05, 0.1) is 28.1 Å². The minimum absolute atomic E-state index is 0.00118. The first-order valence-electron chi connectivity index (χ1n) is 5.75. The van der Waals surface area contributed by atoms with Crippen molar-refractivity contribution in [1.29, 1.82) is 0 Å². The number of phenols is 2. The van der Waals surface area contributed by atoms with E-state index in [9.17, 15) is 19.8 Å². The summed E-state index contributed by atoms with van der Waals surface area (Å²) in [5.74, 6) is -1.92. The average Bonchev–Trinajstić information content (AvgIpc) is 2.40. The molecule has 0 amide bonds. The van der Waals surface area contributed by atoms with Crippen LogP contribution in [0.1, 0.15) is 31.8 Å². The summed E-state index contributed by atoms with van der Waals surface area (Å²) < 4.78 is 0. The number of carbonyl (C=O) groups excluding carboxylic acids is 2. The molecular weight excluding hydrogens is 260 g/mol. The minimum Gasteiger partial charge on any atom is -0.507 e. The number of ketones is 2. The van der Waals surface area contributed by atoms with Crippen molar-refractivity contribution in [3.8, 4) is 11.5 Å². The highest BCUT2D eigenvalue weighted by molar-refractivity contribution is 6.32. The molecule has 100 valence electrons. The first kappa shape index (κ1) is 12.0. The van der Waals surface area contributed by atoms with Crippen LogP contribution in [0.15, 0.2) is 24.3 Å². The van der Waals surface area contributed by atoms with Crippen molar-refractivity contribution in [2.24, 2.45) is 0 Å². The topological polar surface area (TPSA) is 127 Å². The van der Waals surface area contributed by atoms with E-state index in [0.717, 1.165) is 6.07 Å². The van der Waals surface area contributed by atoms with Gasteiger partial charge in [0.1, 0.15) is 11.5 Å². The maximum Gasteiger partial charge on any atom is 0.200 e. The summed E-state index contributed by atoms with van der Waals surface area (Å²) >= 11 is 0. The second kappa shape index (κ2) is 3.74. The first-order valence-corrected chi connectivity index (χ1v) is 5.75. The minimum atomic E-state index is -0.632. The van der Waals surface area contributed by atoms with Crippen LogP contribution in [-0.4, -0.2) is 21.8 Å². The lowest BCUT2D eigenvalue weighted by molar-refractivity contribution is 0.0975. The van der Waals surface area contributed by atoms with Crippen LogP contribution in [0.25, 0.3) is 0 Å². The fourth-order valence-electron chi connectivity index (χ4n) is 2.40. The second-order valence-electron chi connectivity index (χ2n) is 4.51. The van der Waals surface area contributed by atoms with E-state index < -0.39 is 17.3 Å². The van der Waals surface area contributed by atoms with Crippen molar-refractivity contribution in [3.05, 3.63) is 46.5 Å². The molecule has 2 aromatic rings. The van der Waals surface area contributed by atoms with Gasteiger partial charge in [-0.2, -0.15) is 0 Å². The predicted octanol–water partition coefficient (Wildman–Crippen LogP) is 1.04. The fourth-order valence-corrected chi connectivity index (χ4v) is 2.40. The van der Waals surface area contributed by atoms with Gasteiger partial charge in [0.2, 0.25) is 5.78 Å². The molecule has 1 aliphatic carbocycles. The van der Waals surface area contributed by atoms with E-state index in [2.05, 4.69) is 0 Å². The van der Waals surface area contributed by atoms with E-state index in [1.54, 1.807) is 0 Å². The molecule has 0 unspecified atom stereocenters. The van der Waals surface area contributed by atoms with E-state index in [1.807, 2.05) is 0 Å². The molecule has 0 bridgehead atoms. The molecule has 6 nitrogen and oxygen atoms in total. The number of rotatable bonds is 0. The third-order valence-electron chi connectivity index (χ3n) is 3.35. The fraction of sp³-hybridized carbons (Fsp3) is 0. The largest absolute Gasteiger partial charge is 0.507 e. The molecule has 0 spiro atoms. The first-order chi connectivity index (χ1) is 9.43. The van der Waals surface area contributed by atoms with Gasteiger partial charge in [-0.05, 0) is 6.07 Å². The highest BCUT2D eigenvalue weighted by Gasteiger charge is 2.36. The third-order valence-corrected chi connectivity index (χ3v) is 3.35. The molecule has 2 aromatic carbocycles. The van der Waals surface area contributed by atoms with Crippen LogP contribution in [0.4, 0.5) is 11.4 Å². The Morgan fingerprint density at radius 3 is 2.25 bits per heavy atom. The van der Waals surface area contributed by atoms with Crippen molar-refractivity contribution in [2.45, 2.75) is 0 Å². The Bertz CT molecular complexity index is 796. The zero-order valence-electron chi connectivity index (χ0n) is 10.2. The number of aromatic hydroxyl groups is 2. The van der Waals surface area contributed by atoms with Crippen molar-refractivity contribution >= 4 is 22.9 Å². The highest BCUT2D eigenvalue weighted by atomic mass is 16.3. The normalized spacial score (nSPS) is 13.0. The van der Waals surface area contributed by atoms with E-state index in [4.69, 9.17) is 11.5 Å². The Morgan fingerprint density at radius 1 is 0.850 bits per heavy atom. The summed E-state index contributed by atoms with van der Waals surface area (Å²) in [6.45, 7) is 0. The van der Waals surface area contributed by atoms with Crippen molar-refractivity contribution in [2.75, 3.05) is 11.5 Å². The lowest BCUT2D eigenvalue weighted by Gasteiger charge is -2.21. The van der Waals surface area contributed by atoms with Gasteiger partial charge in [-0.3, -0.25) is 9.59 Å². The number of phenolic OH excluding ortho intramolecular Hbond substituents is 2. The van der Waals surface area contributed by atoms with Gasteiger partial charge in [0, 0.05) is 11.6 Å². The monoisotopic (exact) mass is 270 g/mol. The van der Waals surface area contributed by atoms with E-state index in [0.29, 0.717) is 0 Å². The van der Waals surface area contributed by atoms with Crippen molar-refractivity contribution in [3.63, 3.8) is 0 Å². The molecule has 0 radical (unpaired) electrons. The van der Waals surface area contributed by atoms with Crippen LogP contribution in [0, 0.1) is 0 Å². The van der Waals surface area contributed by atoms with Crippen LogP contribution in [-0.2, 0) is 0 Å². The molecule has 0 heterocycles. The number of hydrogen-bond acceptors (Lipinski definition) is 6. The summed E-state index contributed by atoms with van der Waals surface area (Å²) in [6, 6.07) is 5.29. The molecule has 3 rings (SSSR count). The Labute approximate surface area is 113 Å². The Hall–Kier alpha value is -3.02. The Morgan fingerprint density at radius 2 is 1.55 bits per heavy atom. The number of fused-ring (bicyclic) bond motifs is 2. The maximum atomic E-state index is 12.4. The molecule has 20 heavy (non-hydrogen) atoms. The molecule has 6 heteroatoms. The smallest absolute Gasteiger partial charge is 0.200 e. The average molecular weight is 270 g/mol. The lowest BCUT2D eigenvalue weighted by atomic mass is 9.82. The van der Waals surface area contributed by atoms with Gasteiger partial charge in [0.15, 0.2) is 5.78 Å². The highest BCUT2D eigenvalue weighted by Crippen LogP contribution is 2.40. The molecule has 0 aliphatic heterocycles. The Balaban J connectivity index is 2.45. The summed E-state index contributed by atoms with van der Waals surface area (Å²) in [7, 11) is 0. The van der Waals surface area contributed by atoms with Gasteiger partial charge in [-0.25, -0.2) is 0 Å². The molecular formula is C14H10N2O4. The molecule has 1 aliphatic rings. The van der Waals surface area contributed by atoms with Gasteiger partial charge >= 0.3 is 0 Å². The van der Waals surface area contributed by atoms with Crippen LogP contribution in [0.3, 0.4) is 0 Å². The standard InChI is InChI=1S/C14H10N2O4/c15-6-4-8(18)10-11(12(6)16)14(20)9-5(13(10)19)2-1-3-7(9)17/h1-4,17-18H,15-16H2. The third kappa shape index (κ3) is 1.33. The van der Waals surface area contributed by atoms with Gasteiger partial charge in [-0.15, -0.1) is 0 Å². The zero-order valence-corrected chi connectivity index (χ0v) is 10.2. The number of nitrogen functional groups attached to an aromatic ring is 2. The predicted molar refractivity (Wildman–Crippen MR) is 71.9 cm³/mol. The number of carbonyl (C=O) groups is 2. The summed E-state index contributed by atoms with van der Waals surface area (Å²) in [4.78, 5) is 24.8. The van der Waals surface area contributed by atoms with Crippen molar-refractivity contribution < 1.29 is 19.8 Å². The van der Waals surface area contributed by atoms with Crippen LogP contribution < -0.4 is 11.5 Å². The molecule has 0 aromatic heterocycles. The quantitative estimate of drug-likeness (QED) is 0.357. The van der Waals surface area contributed by atoms with Crippen LogP contribution in [0.5, 0.6) is 11.5 Å². The van der Waals surface area contributed by atoms with Crippen LogP contribution >= 0.6 is 0 Å². The molecule has 0 saturated carbocycles. The van der Waals surface area contributed by atoms with Crippen LogP contribution in [0.2, 0.25) is 0 Å². The second-order valence-corrected chi connectivity index (χ2v) is 4.51. The van der Waals surface area contributed by atoms with E-state index >= 15 is 0 Å². The van der Waals surface area contributed by atoms with Gasteiger partial charge in [0.25, 0.3) is 0 Å². The molecule has 0 atom stereocenters. The van der Waals surface area contributed by atoms with E-state index in [-0.39, 0.29) is 39.4 Å². The summed E-state index contributed by atoms with van der Waals surface area (Å²) in [6.07, 6.45) is 0. The maximum absolute atomic E-state index is 12.4. The molecule has 0 fully saturated rings. The Kier molecular flexibility index (Phi) is 2.25. The number of anilines is 2. The number of hydrogen-bond donors (Lipinski definition) is 4. The SMILES string of the molecule is Nc1cc(O)c2c(c1N)C(=O)c1c(O)cccc1C2=O. The zero-order chi connectivity index (χ0) is 14.6. The summed E-state index contributed by atoms with van der Waals surface area (Å²) in [5.41, 5.74) is 10.8. The van der Waals surface area contributed by atoms with Gasteiger partial charge < -0.3 is 21.7 Å². The van der Waals surface area contributed by atoms with Crippen molar-refractivity contribution in [1.82, 2.24) is 0 Å². The number of benzene rings is 2. The summed E-state index contributed by atoms with van der Waals surface area (Å²) in [5, 5.41) is 19.7. The number of nitrogens with two attached hydrogens (primary N) is 2. The molecule has 0 saturated heterocycles. The molecule has 6 N–H and O–H groups in total. The lowest BCUT2D eigenvalue weighted by Crippen LogP contribution is -2.23. The van der Waals surface area contributed by atoms with Gasteiger partial charge in [-0.1, -0.05) is 12.1 Å².